The van der Waals surface area contributed by atoms with Crippen molar-refractivity contribution < 1.29 is 18.7 Å². The Morgan fingerprint density at radius 1 is 1.32 bits per heavy atom. The van der Waals surface area contributed by atoms with Crippen LogP contribution in [-0.4, -0.2) is 42.1 Å². The maximum absolute atomic E-state index is 12.9. The summed E-state index contributed by atoms with van der Waals surface area (Å²) in [6, 6.07) is 3.64. The van der Waals surface area contributed by atoms with E-state index in [0.717, 1.165) is 5.76 Å². The van der Waals surface area contributed by atoms with E-state index in [1.165, 1.54) is 25.7 Å². The quantitative estimate of drug-likeness (QED) is 0.670. The minimum Gasteiger partial charge on any atom is -0.464 e. The molecule has 2 heterocycles. The molecule has 2 fully saturated rings. The lowest BCUT2D eigenvalue weighted by Crippen LogP contribution is -2.50. The molecule has 7 nitrogen and oxygen atoms in total. The van der Waals surface area contributed by atoms with E-state index in [2.05, 4.69) is 22.5 Å². The number of ether oxygens (including phenoxy) is 1. The predicted molar refractivity (Wildman–Crippen MR) is 103 cm³/mol. The largest absolute Gasteiger partial charge is 0.464 e. The summed E-state index contributed by atoms with van der Waals surface area (Å²) in [5, 5.41) is 5.71. The fourth-order valence-electron chi connectivity index (χ4n) is 4.06. The average molecular weight is 387 g/mol. The number of nitrogens with one attached hydrogen (secondary N) is 2. The van der Waals surface area contributed by atoms with Crippen LogP contribution in [0.15, 0.2) is 27.8 Å². The number of carbonyl (C=O) groups is 2. The Morgan fingerprint density at radius 3 is 2.64 bits per heavy atom. The van der Waals surface area contributed by atoms with E-state index in [1.54, 1.807) is 13.0 Å². The van der Waals surface area contributed by atoms with Crippen LogP contribution in [0.4, 0.5) is 4.79 Å². The summed E-state index contributed by atoms with van der Waals surface area (Å²) in [7, 11) is 0. The monoisotopic (exact) mass is 387 g/mol. The van der Waals surface area contributed by atoms with Crippen molar-refractivity contribution in [1.29, 1.82) is 0 Å². The second-order valence-electron chi connectivity index (χ2n) is 8.07. The van der Waals surface area contributed by atoms with E-state index >= 15 is 0 Å². The molecule has 2 aliphatic carbocycles. The molecule has 1 aromatic heterocycles. The molecule has 1 aliphatic heterocycles. The smallest absolute Gasteiger partial charge is 0.338 e. The topological polar surface area (TPSA) is 83.8 Å². The fourth-order valence-corrected chi connectivity index (χ4v) is 4.06. The molecule has 2 atom stereocenters. The van der Waals surface area contributed by atoms with Gasteiger partial charge in [0, 0.05) is 24.3 Å². The molecule has 0 aromatic carbocycles. The number of aryl methyl sites for hydroxylation is 1. The van der Waals surface area contributed by atoms with Crippen LogP contribution in [0.2, 0.25) is 0 Å². The molecule has 7 heteroatoms. The Bertz CT molecular complexity index is 791. The normalized spacial score (nSPS) is 23.4. The second kappa shape index (κ2) is 7.62. The first-order chi connectivity index (χ1) is 13.5. The molecule has 2 saturated carbocycles. The van der Waals surface area contributed by atoms with E-state index in [4.69, 9.17) is 9.15 Å². The Morgan fingerprint density at radius 2 is 2.07 bits per heavy atom. The molecule has 28 heavy (non-hydrogen) atoms. The van der Waals surface area contributed by atoms with Crippen molar-refractivity contribution in [3.63, 3.8) is 0 Å². The molecule has 0 bridgehead atoms. The molecule has 4 rings (SSSR count). The minimum absolute atomic E-state index is 0.276. The number of rotatable bonds is 8. The molecule has 152 valence electrons. The standard InChI is InChI=1S/C21H29N3O4/c1-4-27-20(25)18-16(11-24(15-8-9-15)13(3)14-6-7-14)22-21(26)23-19(18)17-10-5-12(2)28-17/h5,10,13-15,19H,4,6-9,11H2,1-3H3,(H2,22,23,26). The number of hydrogen-bond donors (Lipinski definition) is 2. The second-order valence-corrected chi connectivity index (χ2v) is 8.07. The lowest BCUT2D eigenvalue weighted by atomic mass is 9.99. The number of amides is 2. The molecule has 2 N–H and O–H groups in total. The van der Waals surface area contributed by atoms with Crippen molar-refractivity contribution in [2.75, 3.05) is 13.2 Å². The van der Waals surface area contributed by atoms with Crippen LogP contribution < -0.4 is 10.6 Å². The Hall–Kier alpha value is -2.28. The van der Waals surface area contributed by atoms with Crippen molar-refractivity contribution in [1.82, 2.24) is 15.5 Å². The predicted octanol–water partition coefficient (Wildman–Crippen LogP) is 3.02. The fraction of sp³-hybridized carbons (Fsp3) is 0.619. The number of carbonyl (C=O) groups excluding carboxylic acids is 2. The lowest BCUT2D eigenvalue weighted by molar-refractivity contribution is -0.139. The van der Waals surface area contributed by atoms with E-state index in [-0.39, 0.29) is 12.6 Å². The highest BCUT2D eigenvalue weighted by molar-refractivity contribution is 5.95. The van der Waals surface area contributed by atoms with Crippen LogP contribution in [0.1, 0.15) is 57.1 Å². The van der Waals surface area contributed by atoms with Gasteiger partial charge < -0.3 is 19.8 Å². The molecule has 2 unspecified atom stereocenters. The number of nitrogens with zero attached hydrogens (tertiary/aromatic N) is 1. The van der Waals surface area contributed by atoms with Crippen LogP contribution in [0, 0.1) is 12.8 Å². The summed E-state index contributed by atoms with van der Waals surface area (Å²) < 4.78 is 11.1. The van der Waals surface area contributed by atoms with Gasteiger partial charge in [0.15, 0.2) is 0 Å². The highest BCUT2D eigenvalue weighted by atomic mass is 16.5. The number of urea groups is 1. The van der Waals surface area contributed by atoms with Gasteiger partial charge in [-0.15, -0.1) is 0 Å². The maximum atomic E-state index is 12.9. The van der Waals surface area contributed by atoms with Crippen LogP contribution in [0.3, 0.4) is 0 Å². The number of hydrogen-bond acceptors (Lipinski definition) is 5. The minimum atomic E-state index is -0.645. The third-order valence-electron chi connectivity index (χ3n) is 5.88. The van der Waals surface area contributed by atoms with Gasteiger partial charge in [-0.25, -0.2) is 9.59 Å². The highest BCUT2D eigenvalue weighted by Gasteiger charge is 2.42. The maximum Gasteiger partial charge on any atom is 0.338 e. The lowest BCUT2D eigenvalue weighted by Gasteiger charge is -2.34. The summed E-state index contributed by atoms with van der Waals surface area (Å²) in [6.07, 6.45) is 4.87. The zero-order valence-corrected chi connectivity index (χ0v) is 16.8. The molecular weight excluding hydrogens is 358 g/mol. The zero-order valence-electron chi connectivity index (χ0n) is 16.8. The van der Waals surface area contributed by atoms with Gasteiger partial charge >= 0.3 is 12.0 Å². The SMILES string of the molecule is CCOC(=O)C1=C(CN(C2CC2)C(C)C2CC2)NC(=O)NC1c1ccc(C)o1. The molecule has 0 spiro atoms. The summed E-state index contributed by atoms with van der Waals surface area (Å²) in [6.45, 7) is 6.70. The van der Waals surface area contributed by atoms with Crippen molar-refractivity contribution in [2.24, 2.45) is 5.92 Å². The Labute approximate surface area is 165 Å². The van der Waals surface area contributed by atoms with Crippen molar-refractivity contribution >= 4 is 12.0 Å². The molecule has 0 saturated heterocycles. The summed E-state index contributed by atoms with van der Waals surface area (Å²) in [4.78, 5) is 27.7. The van der Waals surface area contributed by atoms with Crippen molar-refractivity contribution in [3.05, 3.63) is 34.9 Å². The zero-order chi connectivity index (χ0) is 19.8. The van der Waals surface area contributed by atoms with Crippen LogP contribution in [-0.2, 0) is 9.53 Å². The van der Waals surface area contributed by atoms with Crippen LogP contribution >= 0.6 is 0 Å². The first-order valence-electron chi connectivity index (χ1n) is 10.3. The van der Waals surface area contributed by atoms with Gasteiger partial charge in [0.05, 0.1) is 12.2 Å². The Kier molecular flexibility index (Phi) is 5.19. The molecular formula is C21H29N3O4. The molecule has 1 aromatic rings. The average Bonchev–Trinajstić information content (AvgIpc) is 3.57. The first-order valence-corrected chi connectivity index (χ1v) is 10.3. The van der Waals surface area contributed by atoms with Gasteiger partial charge in [-0.2, -0.15) is 0 Å². The first kappa shape index (κ1) is 19.1. The summed E-state index contributed by atoms with van der Waals surface area (Å²) >= 11 is 0. The summed E-state index contributed by atoms with van der Waals surface area (Å²) in [5.74, 6) is 1.57. The molecule has 3 aliphatic rings. The van der Waals surface area contributed by atoms with E-state index < -0.39 is 12.0 Å². The van der Waals surface area contributed by atoms with Crippen molar-refractivity contribution in [2.45, 2.75) is 64.6 Å². The van der Waals surface area contributed by atoms with E-state index in [1.807, 2.05) is 13.0 Å². The van der Waals surface area contributed by atoms with Gasteiger partial charge in [0.25, 0.3) is 0 Å². The van der Waals surface area contributed by atoms with Gasteiger partial charge in [-0.05, 0) is 64.5 Å². The van der Waals surface area contributed by atoms with Crippen molar-refractivity contribution in [3.8, 4) is 0 Å². The molecule has 0 radical (unpaired) electrons. The third-order valence-corrected chi connectivity index (χ3v) is 5.88. The van der Waals surface area contributed by atoms with Crippen LogP contribution in [0.5, 0.6) is 0 Å². The Balaban J connectivity index is 1.69. The third kappa shape index (κ3) is 3.94. The van der Waals surface area contributed by atoms with Gasteiger partial charge in [0.1, 0.15) is 17.6 Å². The van der Waals surface area contributed by atoms with Crippen LogP contribution in [0.25, 0.3) is 0 Å². The van der Waals surface area contributed by atoms with Gasteiger partial charge in [-0.3, -0.25) is 4.90 Å². The number of furan rings is 1. The molecule has 2 amide bonds. The highest BCUT2D eigenvalue weighted by Crippen LogP contribution is 2.40. The van der Waals surface area contributed by atoms with Gasteiger partial charge in [-0.1, -0.05) is 0 Å². The number of esters is 1. The van der Waals surface area contributed by atoms with E-state index in [0.29, 0.717) is 41.6 Å². The summed E-state index contributed by atoms with van der Waals surface area (Å²) in [5.41, 5.74) is 1.06. The van der Waals surface area contributed by atoms with E-state index in [9.17, 15) is 9.59 Å². The van der Waals surface area contributed by atoms with Gasteiger partial charge in [0.2, 0.25) is 0 Å².